The molecular weight excluding hydrogens is 306 g/mol. The van der Waals surface area contributed by atoms with Gasteiger partial charge in [-0.25, -0.2) is 9.67 Å². The highest BCUT2D eigenvalue weighted by Crippen LogP contribution is 2.28. The molecule has 0 aliphatic rings. The van der Waals surface area contributed by atoms with Crippen LogP contribution in [0.4, 0.5) is 0 Å². The molecule has 0 spiro atoms. The largest absolute Gasteiger partial charge is 0.506 e. The van der Waals surface area contributed by atoms with E-state index in [1.165, 1.54) is 12.4 Å². The molecule has 0 aliphatic heterocycles. The van der Waals surface area contributed by atoms with Crippen LogP contribution >= 0.6 is 0 Å². The second-order valence-electron chi connectivity index (χ2n) is 5.33. The summed E-state index contributed by atoms with van der Waals surface area (Å²) in [6.45, 7) is 0.398. The van der Waals surface area contributed by atoms with E-state index in [0.29, 0.717) is 23.1 Å². The van der Waals surface area contributed by atoms with Crippen LogP contribution in [-0.4, -0.2) is 25.7 Å². The molecule has 0 radical (unpaired) electrons. The number of pyridine rings is 1. The van der Waals surface area contributed by atoms with Crippen molar-refractivity contribution in [3.8, 4) is 5.75 Å². The van der Waals surface area contributed by atoms with Gasteiger partial charge in [0.05, 0.1) is 23.4 Å². The SMILES string of the molecule is O=C(c1ccccc1)c1cnc2c(cnn2Cc2ccco2)c1O. The van der Waals surface area contributed by atoms with E-state index in [1.807, 2.05) is 12.1 Å². The van der Waals surface area contributed by atoms with Crippen LogP contribution in [0.3, 0.4) is 0 Å². The zero-order chi connectivity index (χ0) is 16.5. The monoisotopic (exact) mass is 319 g/mol. The minimum atomic E-state index is -0.277. The van der Waals surface area contributed by atoms with Crippen molar-refractivity contribution in [2.45, 2.75) is 6.54 Å². The van der Waals surface area contributed by atoms with E-state index in [9.17, 15) is 9.90 Å². The van der Waals surface area contributed by atoms with Gasteiger partial charge in [0.1, 0.15) is 18.1 Å². The van der Waals surface area contributed by atoms with Gasteiger partial charge in [-0.05, 0) is 12.1 Å². The van der Waals surface area contributed by atoms with E-state index in [-0.39, 0.29) is 17.1 Å². The Labute approximate surface area is 137 Å². The molecule has 0 unspecified atom stereocenters. The quantitative estimate of drug-likeness (QED) is 0.585. The number of furan rings is 1. The zero-order valence-electron chi connectivity index (χ0n) is 12.6. The maximum atomic E-state index is 12.5. The summed E-state index contributed by atoms with van der Waals surface area (Å²) in [6.07, 6.45) is 4.47. The van der Waals surface area contributed by atoms with Gasteiger partial charge < -0.3 is 9.52 Å². The number of fused-ring (bicyclic) bond motifs is 1. The topological polar surface area (TPSA) is 81.2 Å². The van der Waals surface area contributed by atoms with E-state index in [1.54, 1.807) is 41.3 Å². The highest BCUT2D eigenvalue weighted by atomic mass is 16.3. The van der Waals surface area contributed by atoms with Gasteiger partial charge in [0.25, 0.3) is 0 Å². The Bertz CT molecular complexity index is 1000. The molecule has 3 heterocycles. The summed E-state index contributed by atoms with van der Waals surface area (Å²) in [5, 5.41) is 15.1. The Balaban J connectivity index is 1.75. The Morgan fingerprint density at radius 2 is 1.96 bits per heavy atom. The van der Waals surface area contributed by atoms with Crippen molar-refractivity contribution in [3.05, 3.63) is 78.0 Å². The molecule has 0 amide bonds. The number of aromatic nitrogens is 3. The Morgan fingerprint density at radius 3 is 2.71 bits per heavy atom. The summed E-state index contributed by atoms with van der Waals surface area (Å²) in [6, 6.07) is 12.4. The molecule has 1 aromatic carbocycles. The molecule has 6 nitrogen and oxygen atoms in total. The Kier molecular flexibility index (Phi) is 3.35. The first-order valence-electron chi connectivity index (χ1n) is 7.39. The van der Waals surface area contributed by atoms with E-state index in [4.69, 9.17) is 4.42 Å². The van der Waals surface area contributed by atoms with Crippen LogP contribution < -0.4 is 0 Å². The lowest BCUT2D eigenvalue weighted by Crippen LogP contribution is -2.04. The molecular formula is C18H13N3O3. The number of hydrogen-bond donors (Lipinski definition) is 1. The molecule has 0 fully saturated rings. The predicted molar refractivity (Wildman–Crippen MR) is 86.9 cm³/mol. The lowest BCUT2D eigenvalue weighted by Gasteiger charge is -2.05. The normalized spacial score (nSPS) is 11.0. The zero-order valence-corrected chi connectivity index (χ0v) is 12.6. The fourth-order valence-electron chi connectivity index (χ4n) is 2.59. The van der Waals surface area contributed by atoms with E-state index >= 15 is 0 Å². The number of rotatable bonds is 4. The van der Waals surface area contributed by atoms with Crippen LogP contribution in [-0.2, 0) is 6.54 Å². The van der Waals surface area contributed by atoms with Crippen LogP contribution in [0, 0.1) is 0 Å². The average Bonchev–Trinajstić information content (AvgIpc) is 3.27. The lowest BCUT2D eigenvalue weighted by molar-refractivity contribution is 0.103. The maximum Gasteiger partial charge on any atom is 0.198 e. The van der Waals surface area contributed by atoms with Crippen LogP contribution in [0.15, 0.2) is 65.5 Å². The van der Waals surface area contributed by atoms with E-state index in [0.717, 1.165) is 5.76 Å². The summed E-state index contributed by atoms with van der Waals surface area (Å²) in [4.78, 5) is 16.8. The molecule has 6 heteroatoms. The third kappa shape index (κ3) is 2.34. The number of ketones is 1. The minimum Gasteiger partial charge on any atom is -0.506 e. The van der Waals surface area contributed by atoms with Crippen LogP contribution in [0.5, 0.6) is 5.75 Å². The minimum absolute atomic E-state index is 0.112. The second kappa shape index (κ2) is 5.66. The van der Waals surface area contributed by atoms with Crippen molar-refractivity contribution >= 4 is 16.8 Å². The molecule has 4 rings (SSSR count). The number of hydrogen-bond acceptors (Lipinski definition) is 5. The molecule has 0 saturated carbocycles. The fourth-order valence-corrected chi connectivity index (χ4v) is 2.59. The van der Waals surface area contributed by atoms with Crippen molar-refractivity contribution in [1.29, 1.82) is 0 Å². The highest BCUT2D eigenvalue weighted by Gasteiger charge is 2.19. The van der Waals surface area contributed by atoms with Gasteiger partial charge in [-0.15, -0.1) is 0 Å². The molecule has 0 atom stereocenters. The predicted octanol–water partition coefficient (Wildman–Crippen LogP) is 3.01. The van der Waals surface area contributed by atoms with Crippen molar-refractivity contribution in [2.24, 2.45) is 0 Å². The third-order valence-corrected chi connectivity index (χ3v) is 3.80. The third-order valence-electron chi connectivity index (χ3n) is 3.80. The van der Waals surface area contributed by atoms with Crippen molar-refractivity contribution in [3.63, 3.8) is 0 Å². The molecule has 24 heavy (non-hydrogen) atoms. The van der Waals surface area contributed by atoms with Gasteiger partial charge in [-0.1, -0.05) is 30.3 Å². The van der Waals surface area contributed by atoms with Gasteiger partial charge >= 0.3 is 0 Å². The summed E-state index contributed by atoms with van der Waals surface area (Å²) >= 11 is 0. The first-order chi connectivity index (χ1) is 11.7. The Morgan fingerprint density at radius 1 is 1.12 bits per heavy atom. The van der Waals surface area contributed by atoms with Gasteiger partial charge in [0, 0.05) is 11.8 Å². The number of carbonyl (C=O) groups is 1. The van der Waals surface area contributed by atoms with Gasteiger partial charge in [0.2, 0.25) is 0 Å². The summed E-state index contributed by atoms with van der Waals surface area (Å²) in [5.74, 6) is 0.339. The summed E-state index contributed by atoms with van der Waals surface area (Å²) in [5.41, 5.74) is 1.15. The first-order valence-corrected chi connectivity index (χ1v) is 7.39. The van der Waals surface area contributed by atoms with Gasteiger partial charge in [-0.2, -0.15) is 5.10 Å². The molecule has 1 N–H and O–H groups in total. The number of nitrogens with zero attached hydrogens (tertiary/aromatic N) is 3. The number of aromatic hydroxyl groups is 1. The van der Waals surface area contributed by atoms with E-state index in [2.05, 4.69) is 10.1 Å². The standard InChI is InChI=1S/C18H13N3O3/c22-16(12-5-2-1-3-6-12)14-9-19-18-15(17(14)23)10-20-21(18)11-13-7-4-8-24-13/h1-10H,11H2,(H,19,23). The first kappa shape index (κ1) is 14.2. The van der Waals surface area contributed by atoms with Crippen molar-refractivity contribution in [2.75, 3.05) is 0 Å². The van der Waals surface area contributed by atoms with Crippen molar-refractivity contribution < 1.29 is 14.3 Å². The fraction of sp³-hybridized carbons (Fsp3) is 0.0556. The highest BCUT2D eigenvalue weighted by molar-refractivity contribution is 6.12. The Hall–Kier alpha value is -3.41. The average molecular weight is 319 g/mol. The lowest BCUT2D eigenvalue weighted by atomic mass is 10.0. The van der Waals surface area contributed by atoms with Crippen molar-refractivity contribution in [1.82, 2.24) is 14.8 Å². The van der Waals surface area contributed by atoms with E-state index < -0.39 is 0 Å². The molecule has 0 bridgehead atoms. The maximum absolute atomic E-state index is 12.5. The molecule has 118 valence electrons. The summed E-state index contributed by atoms with van der Waals surface area (Å²) in [7, 11) is 0. The van der Waals surface area contributed by atoms with Gasteiger partial charge in [-0.3, -0.25) is 4.79 Å². The number of carbonyl (C=O) groups excluding carboxylic acids is 1. The second-order valence-corrected chi connectivity index (χ2v) is 5.33. The molecule has 4 aromatic rings. The summed E-state index contributed by atoms with van der Waals surface area (Å²) < 4.78 is 6.92. The molecule has 0 saturated heterocycles. The van der Waals surface area contributed by atoms with Crippen LogP contribution in [0.25, 0.3) is 11.0 Å². The number of benzene rings is 1. The van der Waals surface area contributed by atoms with Gasteiger partial charge in [0.15, 0.2) is 11.4 Å². The molecule has 3 aromatic heterocycles. The van der Waals surface area contributed by atoms with Crippen LogP contribution in [0.1, 0.15) is 21.7 Å². The molecule has 0 aliphatic carbocycles. The van der Waals surface area contributed by atoms with Crippen LogP contribution in [0.2, 0.25) is 0 Å². The smallest absolute Gasteiger partial charge is 0.198 e.